The molecule has 0 saturated carbocycles. The molecule has 1 aliphatic rings. The maximum atomic E-state index is 11.7. The van der Waals surface area contributed by atoms with E-state index >= 15 is 0 Å². The fourth-order valence-electron chi connectivity index (χ4n) is 2.27. The number of thiophene rings is 1. The van der Waals surface area contributed by atoms with Gasteiger partial charge in [0.1, 0.15) is 0 Å². The molecule has 0 bridgehead atoms. The standard InChI is InChI=1S/C13H14ClNOS/c1-15(2)13(11-7-5-9-17-11)8-4-3-6-10(13)12(14)16/h3-10H,1-2H3. The van der Waals surface area contributed by atoms with E-state index in [1.807, 2.05) is 60.8 Å². The van der Waals surface area contributed by atoms with E-state index < -0.39 is 5.54 Å². The van der Waals surface area contributed by atoms with Crippen molar-refractivity contribution >= 4 is 28.2 Å². The molecule has 2 atom stereocenters. The lowest BCUT2D eigenvalue weighted by Gasteiger charge is -2.41. The molecule has 0 saturated heterocycles. The smallest absolute Gasteiger partial charge is 0.231 e. The zero-order valence-corrected chi connectivity index (χ0v) is 11.3. The third kappa shape index (κ3) is 1.99. The SMILES string of the molecule is CN(C)C1(c2cccs2)C=CC=CC1C(=O)Cl. The molecule has 2 unspecified atom stereocenters. The van der Waals surface area contributed by atoms with Crippen molar-refractivity contribution in [3.8, 4) is 0 Å². The van der Waals surface area contributed by atoms with E-state index in [0.29, 0.717) is 0 Å². The number of likely N-dealkylation sites (N-methyl/N-ethyl adjacent to an activating group) is 1. The summed E-state index contributed by atoms with van der Waals surface area (Å²) in [5.41, 5.74) is -0.457. The molecule has 2 nitrogen and oxygen atoms in total. The zero-order chi connectivity index (χ0) is 12.5. The maximum Gasteiger partial charge on any atom is 0.231 e. The van der Waals surface area contributed by atoms with E-state index in [0.717, 1.165) is 4.88 Å². The minimum Gasteiger partial charge on any atom is -0.295 e. The van der Waals surface area contributed by atoms with Crippen molar-refractivity contribution in [1.29, 1.82) is 0 Å². The maximum absolute atomic E-state index is 11.7. The summed E-state index contributed by atoms with van der Waals surface area (Å²) in [4.78, 5) is 14.8. The summed E-state index contributed by atoms with van der Waals surface area (Å²) in [5.74, 6) is -0.345. The Morgan fingerprint density at radius 3 is 2.76 bits per heavy atom. The second kappa shape index (κ2) is 4.77. The zero-order valence-electron chi connectivity index (χ0n) is 9.76. The molecule has 2 rings (SSSR count). The fraction of sp³-hybridized carbons (Fsp3) is 0.308. The van der Waals surface area contributed by atoms with Crippen LogP contribution in [0.2, 0.25) is 0 Å². The summed E-state index contributed by atoms with van der Waals surface area (Å²) in [6.45, 7) is 0. The summed E-state index contributed by atoms with van der Waals surface area (Å²) in [6.07, 6.45) is 7.76. The van der Waals surface area contributed by atoms with E-state index in [9.17, 15) is 4.79 Å². The summed E-state index contributed by atoms with van der Waals surface area (Å²) in [6, 6.07) is 4.04. The van der Waals surface area contributed by atoms with Crippen LogP contribution in [-0.2, 0) is 10.3 Å². The van der Waals surface area contributed by atoms with Crippen molar-refractivity contribution in [3.63, 3.8) is 0 Å². The van der Waals surface area contributed by atoms with Crippen LogP contribution in [0, 0.1) is 5.92 Å². The number of carbonyl (C=O) groups excluding carboxylic acids is 1. The average Bonchev–Trinajstić information content (AvgIpc) is 2.82. The first-order valence-electron chi connectivity index (χ1n) is 5.36. The Balaban J connectivity index is 2.57. The van der Waals surface area contributed by atoms with Crippen molar-refractivity contribution < 1.29 is 4.79 Å². The van der Waals surface area contributed by atoms with E-state index in [1.165, 1.54) is 0 Å². The molecule has 1 aromatic rings. The Bertz CT molecular complexity index is 464. The molecule has 17 heavy (non-hydrogen) atoms. The van der Waals surface area contributed by atoms with Crippen molar-refractivity contribution in [2.45, 2.75) is 5.54 Å². The first-order valence-corrected chi connectivity index (χ1v) is 6.61. The van der Waals surface area contributed by atoms with Gasteiger partial charge in [-0.05, 0) is 37.1 Å². The van der Waals surface area contributed by atoms with E-state index in [2.05, 4.69) is 0 Å². The van der Waals surface area contributed by atoms with Crippen LogP contribution >= 0.6 is 22.9 Å². The number of carbonyl (C=O) groups is 1. The van der Waals surface area contributed by atoms with Gasteiger partial charge in [-0.25, -0.2) is 0 Å². The average molecular weight is 268 g/mol. The molecule has 90 valence electrons. The van der Waals surface area contributed by atoms with Crippen molar-refractivity contribution in [2.75, 3.05) is 14.1 Å². The van der Waals surface area contributed by atoms with Crippen LogP contribution in [0.5, 0.6) is 0 Å². The summed E-state index contributed by atoms with van der Waals surface area (Å²) in [5, 5.41) is 1.69. The third-order valence-corrected chi connectivity index (χ3v) is 4.38. The van der Waals surface area contributed by atoms with Gasteiger partial charge in [0.05, 0.1) is 11.5 Å². The number of nitrogens with zero attached hydrogens (tertiary/aromatic N) is 1. The number of allylic oxidation sites excluding steroid dienone is 2. The first kappa shape index (κ1) is 12.6. The van der Waals surface area contributed by atoms with E-state index in [1.54, 1.807) is 11.3 Å². The normalized spacial score (nSPS) is 27.6. The molecule has 0 N–H and O–H groups in total. The number of hydrogen-bond acceptors (Lipinski definition) is 3. The third-order valence-electron chi connectivity index (χ3n) is 3.14. The van der Waals surface area contributed by atoms with Crippen LogP contribution in [0.4, 0.5) is 0 Å². The van der Waals surface area contributed by atoms with Crippen LogP contribution < -0.4 is 0 Å². The topological polar surface area (TPSA) is 20.3 Å². The molecule has 1 heterocycles. The molecule has 0 aliphatic heterocycles. The highest BCUT2D eigenvalue weighted by atomic mass is 35.5. The molecule has 0 spiro atoms. The molecule has 0 fully saturated rings. The largest absolute Gasteiger partial charge is 0.295 e. The second-order valence-corrected chi connectivity index (χ2v) is 5.54. The summed E-state index contributed by atoms with van der Waals surface area (Å²) < 4.78 is 0. The van der Waals surface area contributed by atoms with Gasteiger partial charge in [-0.3, -0.25) is 9.69 Å². The molecule has 0 aromatic carbocycles. The lowest BCUT2D eigenvalue weighted by molar-refractivity contribution is -0.116. The Kier molecular flexibility index (Phi) is 3.52. The summed E-state index contributed by atoms with van der Waals surface area (Å²) in [7, 11) is 3.94. The minimum atomic E-state index is -0.457. The van der Waals surface area contributed by atoms with Crippen LogP contribution in [-0.4, -0.2) is 24.2 Å². The Hall–Kier alpha value is -0.900. The predicted molar refractivity (Wildman–Crippen MR) is 72.3 cm³/mol. The van der Waals surface area contributed by atoms with E-state index in [4.69, 9.17) is 11.6 Å². The molecule has 0 amide bonds. The van der Waals surface area contributed by atoms with Crippen LogP contribution in [0.1, 0.15) is 4.88 Å². The fourth-order valence-corrected chi connectivity index (χ4v) is 3.53. The lowest BCUT2D eigenvalue weighted by atomic mass is 9.79. The van der Waals surface area contributed by atoms with Gasteiger partial charge in [-0.2, -0.15) is 0 Å². The van der Waals surface area contributed by atoms with Gasteiger partial charge in [0.2, 0.25) is 5.24 Å². The number of hydrogen-bond donors (Lipinski definition) is 0. The Morgan fingerprint density at radius 2 is 2.24 bits per heavy atom. The van der Waals surface area contributed by atoms with E-state index in [-0.39, 0.29) is 11.2 Å². The molecule has 1 aliphatic carbocycles. The van der Waals surface area contributed by atoms with Gasteiger partial charge in [-0.15, -0.1) is 11.3 Å². The van der Waals surface area contributed by atoms with Crippen molar-refractivity contribution in [2.24, 2.45) is 5.92 Å². The monoisotopic (exact) mass is 267 g/mol. The molecule has 4 heteroatoms. The van der Waals surface area contributed by atoms with Gasteiger partial charge < -0.3 is 0 Å². The number of rotatable bonds is 3. The highest BCUT2D eigenvalue weighted by molar-refractivity contribution is 7.10. The van der Waals surface area contributed by atoms with Crippen LogP contribution in [0.15, 0.2) is 41.8 Å². The second-order valence-electron chi connectivity index (χ2n) is 4.22. The highest BCUT2D eigenvalue weighted by Gasteiger charge is 2.44. The Morgan fingerprint density at radius 1 is 1.47 bits per heavy atom. The molecule has 1 aromatic heterocycles. The molecular formula is C13H14ClNOS. The first-order chi connectivity index (χ1) is 8.09. The lowest BCUT2D eigenvalue weighted by Crippen LogP contribution is -2.47. The van der Waals surface area contributed by atoms with Gasteiger partial charge in [0.25, 0.3) is 0 Å². The van der Waals surface area contributed by atoms with Gasteiger partial charge in [-0.1, -0.05) is 30.4 Å². The Labute approximate surface area is 110 Å². The predicted octanol–water partition coefficient (Wildman–Crippen LogP) is 3.01. The van der Waals surface area contributed by atoms with Gasteiger partial charge in [0, 0.05) is 4.88 Å². The molecular weight excluding hydrogens is 254 g/mol. The van der Waals surface area contributed by atoms with Crippen molar-refractivity contribution in [3.05, 3.63) is 46.7 Å². The van der Waals surface area contributed by atoms with Crippen LogP contribution in [0.25, 0.3) is 0 Å². The molecule has 0 radical (unpaired) electrons. The summed E-state index contributed by atoms with van der Waals surface area (Å²) >= 11 is 7.40. The quantitative estimate of drug-likeness (QED) is 0.785. The van der Waals surface area contributed by atoms with Crippen LogP contribution in [0.3, 0.4) is 0 Å². The highest BCUT2D eigenvalue weighted by Crippen LogP contribution is 2.42. The van der Waals surface area contributed by atoms with Gasteiger partial charge >= 0.3 is 0 Å². The number of halogens is 1. The van der Waals surface area contributed by atoms with Crippen molar-refractivity contribution in [1.82, 2.24) is 4.90 Å². The minimum absolute atomic E-state index is 0.326. The van der Waals surface area contributed by atoms with Gasteiger partial charge in [0.15, 0.2) is 0 Å².